The Morgan fingerprint density at radius 3 is 2.29 bits per heavy atom. The van der Waals surface area contributed by atoms with Gasteiger partial charge in [0.15, 0.2) is 0 Å². The first-order valence-electron chi connectivity index (χ1n) is 11.9. The van der Waals surface area contributed by atoms with Crippen LogP contribution in [0.15, 0.2) is 72.0 Å². The molecular weight excluding hydrogens is 440 g/mol. The van der Waals surface area contributed by atoms with Crippen LogP contribution in [0.4, 0.5) is 11.4 Å². The molecule has 0 atom stereocenters. The number of hydrogen-bond donors (Lipinski definition) is 2. The molecule has 0 spiro atoms. The predicted molar refractivity (Wildman–Crippen MR) is 135 cm³/mol. The van der Waals surface area contributed by atoms with Crippen molar-refractivity contribution in [1.82, 2.24) is 4.90 Å². The third kappa shape index (κ3) is 6.37. The maximum atomic E-state index is 13.0. The van der Waals surface area contributed by atoms with Gasteiger partial charge in [-0.15, -0.1) is 0 Å². The van der Waals surface area contributed by atoms with Crippen molar-refractivity contribution in [3.8, 4) is 6.07 Å². The second-order valence-electron chi connectivity index (χ2n) is 8.88. The third-order valence-electron chi connectivity index (χ3n) is 6.55. The van der Waals surface area contributed by atoms with E-state index in [1.807, 2.05) is 48.5 Å². The zero-order valence-corrected chi connectivity index (χ0v) is 19.9. The van der Waals surface area contributed by atoms with Crippen molar-refractivity contribution < 1.29 is 14.3 Å². The van der Waals surface area contributed by atoms with E-state index < -0.39 is 0 Å². The first-order valence-corrected chi connectivity index (χ1v) is 11.9. The number of piperidine rings is 1. The normalized spacial score (nSPS) is 16.5. The third-order valence-corrected chi connectivity index (χ3v) is 6.55. The zero-order valence-electron chi connectivity index (χ0n) is 19.9. The molecule has 2 aromatic carbocycles. The van der Waals surface area contributed by atoms with Crippen molar-refractivity contribution in [3.05, 3.63) is 83.1 Å². The van der Waals surface area contributed by atoms with Crippen molar-refractivity contribution in [2.75, 3.05) is 30.8 Å². The molecule has 7 nitrogen and oxygen atoms in total. The van der Waals surface area contributed by atoms with Crippen molar-refractivity contribution in [2.24, 2.45) is 5.92 Å². The summed E-state index contributed by atoms with van der Waals surface area (Å²) in [6, 6.07) is 17.1. The Hall–Kier alpha value is -3.89. The molecule has 0 radical (unpaired) electrons. The summed E-state index contributed by atoms with van der Waals surface area (Å²) in [6.07, 6.45) is 6.46. The summed E-state index contributed by atoms with van der Waals surface area (Å²) in [7, 11) is 1.63. The predicted octanol–water partition coefficient (Wildman–Crippen LogP) is 4.60. The number of methoxy groups -OCH3 is 1. The quantitative estimate of drug-likeness (QED) is 0.617. The minimum atomic E-state index is -0.172. The van der Waals surface area contributed by atoms with Gasteiger partial charge in [0.05, 0.1) is 35.9 Å². The number of carbonyl (C=O) groups excluding carboxylic acids is 2. The van der Waals surface area contributed by atoms with Crippen LogP contribution < -0.4 is 10.6 Å². The monoisotopic (exact) mass is 470 g/mol. The topological polar surface area (TPSA) is 94.5 Å². The fourth-order valence-corrected chi connectivity index (χ4v) is 4.41. The lowest BCUT2D eigenvalue weighted by atomic mass is 9.95. The second kappa shape index (κ2) is 11.5. The maximum absolute atomic E-state index is 13.0. The Bertz CT molecular complexity index is 1170. The molecule has 2 aromatic rings. The largest absolute Gasteiger partial charge is 0.501 e. The molecule has 1 aliphatic heterocycles. The first kappa shape index (κ1) is 24.2. The van der Waals surface area contributed by atoms with Gasteiger partial charge in [-0.2, -0.15) is 5.26 Å². The molecular formula is C28H30N4O3. The number of rotatable bonds is 7. The van der Waals surface area contributed by atoms with Gasteiger partial charge in [0.2, 0.25) is 5.91 Å². The SMILES string of the molecule is COC1=CC=C(C(=O)Nc2ccccc2NC(=O)C2CCN(Cc3ccc(C#N)cc3)CC2)CC1. The molecule has 2 N–H and O–H groups in total. The molecule has 1 heterocycles. The lowest BCUT2D eigenvalue weighted by Gasteiger charge is -2.31. The van der Waals surface area contributed by atoms with Gasteiger partial charge in [-0.3, -0.25) is 14.5 Å². The smallest absolute Gasteiger partial charge is 0.251 e. The number of amides is 2. The van der Waals surface area contributed by atoms with Crippen LogP contribution >= 0.6 is 0 Å². The average molecular weight is 471 g/mol. The number of nitrogens with one attached hydrogen (secondary N) is 2. The van der Waals surface area contributed by atoms with Crippen LogP contribution in [0, 0.1) is 17.2 Å². The Kier molecular flexibility index (Phi) is 7.96. The number of likely N-dealkylation sites (tertiary alicyclic amines) is 1. The van der Waals surface area contributed by atoms with Gasteiger partial charge in [0.1, 0.15) is 0 Å². The van der Waals surface area contributed by atoms with Crippen LogP contribution in [-0.4, -0.2) is 36.9 Å². The van der Waals surface area contributed by atoms with E-state index in [0.29, 0.717) is 35.4 Å². The minimum absolute atomic E-state index is 0.0192. The fourth-order valence-electron chi connectivity index (χ4n) is 4.41. The summed E-state index contributed by atoms with van der Waals surface area (Å²) in [4.78, 5) is 28.1. The number of nitriles is 1. The molecule has 0 aromatic heterocycles. The van der Waals surface area contributed by atoms with Gasteiger partial charge in [0, 0.05) is 24.5 Å². The van der Waals surface area contributed by atoms with Crippen molar-refractivity contribution in [1.29, 1.82) is 5.26 Å². The van der Waals surface area contributed by atoms with Crippen LogP contribution in [0.3, 0.4) is 0 Å². The number of nitrogens with zero attached hydrogens (tertiary/aromatic N) is 2. The summed E-state index contributed by atoms with van der Waals surface area (Å²) in [5.74, 6) is 0.593. The number of para-hydroxylation sites is 2. The second-order valence-corrected chi connectivity index (χ2v) is 8.88. The number of allylic oxidation sites excluding steroid dienone is 3. The van der Waals surface area contributed by atoms with Crippen LogP contribution in [-0.2, 0) is 20.9 Å². The Balaban J connectivity index is 1.31. The summed E-state index contributed by atoms with van der Waals surface area (Å²) in [5.41, 5.74) is 3.70. The van der Waals surface area contributed by atoms with Gasteiger partial charge in [-0.25, -0.2) is 0 Å². The highest BCUT2D eigenvalue weighted by Crippen LogP contribution is 2.27. The van der Waals surface area contributed by atoms with E-state index in [1.54, 1.807) is 19.3 Å². The number of hydrogen-bond acceptors (Lipinski definition) is 5. The molecule has 7 heteroatoms. The maximum Gasteiger partial charge on any atom is 0.251 e. The summed E-state index contributed by atoms with van der Waals surface area (Å²) < 4.78 is 5.23. The van der Waals surface area contributed by atoms with E-state index in [9.17, 15) is 9.59 Å². The Morgan fingerprint density at radius 2 is 1.69 bits per heavy atom. The molecule has 1 fully saturated rings. The van der Waals surface area contributed by atoms with E-state index in [2.05, 4.69) is 21.6 Å². The standard InChI is InChI=1S/C28H30N4O3/c1-35-24-12-10-22(11-13-24)27(33)30-25-4-2-3-5-26(25)31-28(34)23-14-16-32(17-15-23)19-21-8-6-20(18-29)7-9-21/h2-10,12,23H,11,13-17,19H2,1H3,(H,30,33)(H,31,34). The summed E-state index contributed by atoms with van der Waals surface area (Å²) in [5, 5.41) is 14.9. The van der Waals surface area contributed by atoms with Gasteiger partial charge >= 0.3 is 0 Å². The first-order chi connectivity index (χ1) is 17.1. The van der Waals surface area contributed by atoms with Crippen LogP contribution in [0.1, 0.15) is 36.8 Å². The van der Waals surface area contributed by atoms with E-state index in [0.717, 1.165) is 38.2 Å². The molecule has 2 aliphatic rings. The molecule has 1 saturated heterocycles. The van der Waals surface area contributed by atoms with Gasteiger partial charge in [-0.1, -0.05) is 30.3 Å². The number of anilines is 2. The van der Waals surface area contributed by atoms with Crippen molar-refractivity contribution >= 4 is 23.2 Å². The van der Waals surface area contributed by atoms with Crippen LogP contribution in [0.2, 0.25) is 0 Å². The van der Waals surface area contributed by atoms with Gasteiger partial charge in [-0.05, 0) is 68.3 Å². The molecule has 35 heavy (non-hydrogen) atoms. The molecule has 4 rings (SSSR count). The number of carbonyl (C=O) groups is 2. The van der Waals surface area contributed by atoms with E-state index >= 15 is 0 Å². The zero-order chi connectivity index (χ0) is 24.6. The lowest BCUT2D eigenvalue weighted by molar-refractivity contribution is -0.121. The van der Waals surface area contributed by atoms with E-state index in [-0.39, 0.29) is 17.7 Å². The Morgan fingerprint density at radius 1 is 1.00 bits per heavy atom. The minimum Gasteiger partial charge on any atom is -0.501 e. The van der Waals surface area contributed by atoms with Crippen molar-refractivity contribution in [3.63, 3.8) is 0 Å². The summed E-state index contributed by atoms with van der Waals surface area (Å²) in [6.45, 7) is 2.48. The van der Waals surface area contributed by atoms with Crippen molar-refractivity contribution in [2.45, 2.75) is 32.2 Å². The highest BCUT2D eigenvalue weighted by molar-refractivity contribution is 6.07. The van der Waals surface area contributed by atoms with Crippen LogP contribution in [0.5, 0.6) is 0 Å². The molecule has 1 aliphatic carbocycles. The molecule has 2 amide bonds. The summed E-state index contributed by atoms with van der Waals surface area (Å²) >= 11 is 0. The van der Waals surface area contributed by atoms with E-state index in [1.165, 1.54) is 5.56 Å². The van der Waals surface area contributed by atoms with Crippen LogP contribution in [0.25, 0.3) is 0 Å². The molecule has 0 saturated carbocycles. The fraction of sp³-hybridized carbons (Fsp3) is 0.321. The molecule has 0 bridgehead atoms. The average Bonchev–Trinajstić information content (AvgIpc) is 2.90. The molecule has 180 valence electrons. The van der Waals surface area contributed by atoms with Gasteiger partial charge < -0.3 is 15.4 Å². The number of ether oxygens (including phenoxy) is 1. The Labute approximate surface area is 206 Å². The number of benzene rings is 2. The van der Waals surface area contributed by atoms with Gasteiger partial charge in [0.25, 0.3) is 5.91 Å². The highest BCUT2D eigenvalue weighted by atomic mass is 16.5. The highest BCUT2D eigenvalue weighted by Gasteiger charge is 2.26. The lowest BCUT2D eigenvalue weighted by Crippen LogP contribution is -2.37. The van der Waals surface area contributed by atoms with E-state index in [4.69, 9.17) is 10.00 Å². The molecule has 0 unspecified atom stereocenters.